The summed E-state index contributed by atoms with van der Waals surface area (Å²) in [6, 6.07) is 0. The standard InChI is InChI=1S/C12H26/c1-5-7-8-9-10-12(6-2)11(3)4/h11-12H,5-10H2,1-4H3. The van der Waals surface area contributed by atoms with Gasteiger partial charge in [-0.2, -0.15) is 0 Å². The second kappa shape index (κ2) is 7.64. The first-order valence-corrected chi connectivity index (χ1v) is 5.72. The Bertz CT molecular complexity index is 84.0. The Morgan fingerprint density at radius 2 is 1.58 bits per heavy atom. The van der Waals surface area contributed by atoms with Crippen LogP contribution >= 0.6 is 0 Å². The van der Waals surface area contributed by atoms with Crippen LogP contribution < -0.4 is 0 Å². The average Bonchev–Trinajstić information content (AvgIpc) is 2.04. The second-order valence-electron chi connectivity index (χ2n) is 4.26. The van der Waals surface area contributed by atoms with Gasteiger partial charge >= 0.3 is 0 Å². The van der Waals surface area contributed by atoms with E-state index in [0.29, 0.717) is 0 Å². The summed E-state index contributed by atoms with van der Waals surface area (Å²) in [5, 5.41) is 0. The van der Waals surface area contributed by atoms with Crippen LogP contribution in [0.2, 0.25) is 0 Å². The van der Waals surface area contributed by atoms with E-state index in [0.717, 1.165) is 11.8 Å². The molecule has 0 bridgehead atoms. The molecule has 0 saturated heterocycles. The van der Waals surface area contributed by atoms with Crippen LogP contribution in [0.1, 0.15) is 66.2 Å². The van der Waals surface area contributed by atoms with Crippen molar-refractivity contribution in [2.45, 2.75) is 66.2 Å². The van der Waals surface area contributed by atoms with Crippen molar-refractivity contribution in [2.24, 2.45) is 11.8 Å². The molecule has 1 atom stereocenters. The van der Waals surface area contributed by atoms with E-state index in [2.05, 4.69) is 27.7 Å². The summed E-state index contributed by atoms with van der Waals surface area (Å²) in [6.45, 7) is 9.31. The number of rotatable bonds is 7. The fraction of sp³-hybridized carbons (Fsp3) is 1.00. The molecule has 0 saturated carbocycles. The van der Waals surface area contributed by atoms with Crippen LogP contribution in [-0.2, 0) is 0 Å². The predicted octanol–water partition coefficient (Wildman–Crippen LogP) is 4.64. The van der Waals surface area contributed by atoms with Crippen LogP contribution in [0.3, 0.4) is 0 Å². The Labute approximate surface area is 78.8 Å². The smallest absolute Gasteiger partial charge is 0.0394 e. The highest BCUT2D eigenvalue weighted by atomic mass is 14.1. The first kappa shape index (κ1) is 12.0. The fourth-order valence-electron chi connectivity index (χ4n) is 1.84. The Hall–Kier alpha value is 0. The topological polar surface area (TPSA) is 0 Å². The summed E-state index contributed by atoms with van der Waals surface area (Å²) >= 11 is 0. The molecule has 0 radical (unpaired) electrons. The van der Waals surface area contributed by atoms with Gasteiger partial charge in [0.25, 0.3) is 0 Å². The molecular formula is C12H26. The monoisotopic (exact) mass is 170 g/mol. The molecule has 0 nitrogen and oxygen atoms in total. The van der Waals surface area contributed by atoms with Gasteiger partial charge in [0.1, 0.15) is 0 Å². The van der Waals surface area contributed by atoms with Gasteiger partial charge in [-0.25, -0.2) is 0 Å². The lowest BCUT2D eigenvalue weighted by molar-refractivity contribution is 0.336. The third-order valence-electron chi connectivity index (χ3n) is 2.90. The molecule has 0 aromatic rings. The Morgan fingerprint density at radius 1 is 0.917 bits per heavy atom. The minimum absolute atomic E-state index is 0.886. The molecule has 0 rings (SSSR count). The summed E-state index contributed by atoms with van der Waals surface area (Å²) in [7, 11) is 0. The lowest BCUT2D eigenvalue weighted by atomic mass is 9.88. The third kappa shape index (κ3) is 5.62. The molecule has 0 fully saturated rings. The molecule has 1 unspecified atom stereocenters. The van der Waals surface area contributed by atoms with E-state index in [1.54, 1.807) is 0 Å². The highest BCUT2D eigenvalue weighted by Crippen LogP contribution is 2.21. The zero-order valence-corrected chi connectivity index (χ0v) is 9.40. The van der Waals surface area contributed by atoms with Crippen molar-refractivity contribution in [3.63, 3.8) is 0 Å². The SMILES string of the molecule is CCCCCCC(CC)C(C)C. The van der Waals surface area contributed by atoms with Crippen LogP contribution in [0.15, 0.2) is 0 Å². The van der Waals surface area contributed by atoms with E-state index >= 15 is 0 Å². The summed E-state index contributed by atoms with van der Waals surface area (Å²) in [5.74, 6) is 1.86. The quantitative estimate of drug-likeness (QED) is 0.488. The highest BCUT2D eigenvalue weighted by molar-refractivity contribution is 4.61. The maximum Gasteiger partial charge on any atom is -0.0394 e. The summed E-state index contributed by atoms with van der Waals surface area (Å²) in [5.41, 5.74) is 0. The van der Waals surface area contributed by atoms with Crippen LogP contribution in [0, 0.1) is 11.8 Å². The largest absolute Gasteiger partial charge is 0.0654 e. The molecular weight excluding hydrogens is 144 g/mol. The van der Waals surface area contributed by atoms with Gasteiger partial charge in [0.2, 0.25) is 0 Å². The summed E-state index contributed by atoms with van der Waals surface area (Å²) in [6.07, 6.45) is 8.50. The van der Waals surface area contributed by atoms with E-state index in [4.69, 9.17) is 0 Å². The van der Waals surface area contributed by atoms with Crippen molar-refractivity contribution < 1.29 is 0 Å². The van der Waals surface area contributed by atoms with Crippen molar-refractivity contribution in [3.8, 4) is 0 Å². The molecule has 0 heteroatoms. The Morgan fingerprint density at radius 3 is 2.00 bits per heavy atom. The van der Waals surface area contributed by atoms with Crippen molar-refractivity contribution in [1.29, 1.82) is 0 Å². The van der Waals surface area contributed by atoms with Crippen LogP contribution in [-0.4, -0.2) is 0 Å². The molecule has 0 heterocycles. The van der Waals surface area contributed by atoms with Gasteiger partial charge in [-0.1, -0.05) is 66.2 Å². The highest BCUT2D eigenvalue weighted by Gasteiger charge is 2.09. The molecule has 12 heavy (non-hydrogen) atoms. The second-order valence-corrected chi connectivity index (χ2v) is 4.26. The van der Waals surface area contributed by atoms with Gasteiger partial charge in [0.05, 0.1) is 0 Å². The Kier molecular flexibility index (Phi) is 7.64. The predicted molar refractivity (Wildman–Crippen MR) is 57.4 cm³/mol. The van der Waals surface area contributed by atoms with Gasteiger partial charge in [-0.05, 0) is 11.8 Å². The van der Waals surface area contributed by atoms with E-state index in [1.807, 2.05) is 0 Å². The minimum Gasteiger partial charge on any atom is -0.0654 e. The van der Waals surface area contributed by atoms with Crippen molar-refractivity contribution >= 4 is 0 Å². The Balaban J connectivity index is 3.32. The maximum atomic E-state index is 2.36. The van der Waals surface area contributed by atoms with Gasteiger partial charge < -0.3 is 0 Å². The molecule has 0 spiro atoms. The number of hydrogen-bond acceptors (Lipinski definition) is 0. The van der Waals surface area contributed by atoms with Crippen molar-refractivity contribution in [1.82, 2.24) is 0 Å². The molecule has 74 valence electrons. The minimum atomic E-state index is 0.886. The maximum absolute atomic E-state index is 2.36. The van der Waals surface area contributed by atoms with Gasteiger partial charge in [0.15, 0.2) is 0 Å². The molecule has 0 aromatic heterocycles. The molecule has 0 N–H and O–H groups in total. The fourth-order valence-corrected chi connectivity index (χ4v) is 1.84. The van der Waals surface area contributed by atoms with Crippen LogP contribution in [0.5, 0.6) is 0 Å². The van der Waals surface area contributed by atoms with Gasteiger partial charge in [0, 0.05) is 0 Å². The number of hydrogen-bond donors (Lipinski definition) is 0. The summed E-state index contributed by atoms with van der Waals surface area (Å²) in [4.78, 5) is 0. The van der Waals surface area contributed by atoms with E-state index in [9.17, 15) is 0 Å². The van der Waals surface area contributed by atoms with Crippen LogP contribution in [0.4, 0.5) is 0 Å². The average molecular weight is 170 g/mol. The lowest BCUT2D eigenvalue weighted by Gasteiger charge is -2.18. The molecule has 0 aliphatic carbocycles. The van der Waals surface area contributed by atoms with E-state index in [1.165, 1.54) is 38.5 Å². The normalized spacial score (nSPS) is 13.8. The van der Waals surface area contributed by atoms with E-state index in [-0.39, 0.29) is 0 Å². The molecule has 0 aromatic carbocycles. The van der Waals surface area contributed by atoms with Crippen molar-refractivity contribution in [3.05, 3.63) is 0 Å². The van der Waals surface area contributed by atoms with Crippen LogP contribution in [0.25, 0.3) is 0 Å². The molecule has 0 aliphatic rings. The first-order valence-electron chi connectivity index (χ1n) is 5.72. The van der Waals surface area contributed by atoms with E-state index < -0.39 is 0 Å². The van der Waals surface area contributed by atoms with Gasteiger partial charge in [-0.15, -0.1) is 0 Å². The third-order valence-corrected chi connectivity index (χ3v) is 2.90. The molecule has 0 amide bonds. The summed E-state index contributed by atoms with van der Waals surface area (Å²) < 4.78 is 0. The zero-order valence-electron chi connectivity index (χ0n) is 9.40. The van der Waals surface area contributed by atoms with Crippen molar-refractivity contribution in [2.75, 3.05) is 0 Å². The number of unbranched alkanes of at least 4 members (excludes halogenated alkanes) is 3. The zero-order chi connectivity index (χ0) is 9.40. The first-order chi connectivity index (χ1) is 5.72. The molecule has 0 aliphatic heterocycles. The van der Waals surface area contributed by atoms with Gasteiger partial charge in [-0.3, -0.25) is 0 Å². The lowest BCUT2D eigenvalue weighted by Crippen LogP contribution is -2.06.